The van der Waals surface area contributed by atoms with E-state index in [9.17, 15) is 9.18 Å². The maximum Gasteiger partial charge on any atom is 0.254 e. The molecule has 0 aliphatic carbocycles. The number of nitrogens with one attached hydrogen (secondary N) is 1. The highest BCUT2D eigenvalue weighted by molar-refractivity contribution is 5.95. The first-order valence-electron chi connectivity index (χ1n) is 7.31. The second-order valence-corrected chi connectivity index (χ2v) is 5.47. The monoisotopic (exact) mass is 303 g/mol. The van der Waals surface area contributed by atoms with E-state index in [4.69, 9.17) is 4.74 Å². The molecule has 0 bridgehead atoms. The predicted octanol–water partition coefficient (Wildman–Crippen LogP) is 2.09. The molecule has 1 aliphatic heterocycles. The lowest BCUT2D eigenvalue weighted by Gasteiger charge is -2.09. The molecule has 1 amide bonds. The zero-order valence-corrected chi connectivity index (χ0v) is 12.4. The molecule has 116 valence electrons. The predicted molar refractivity (Wildman–Crippen MR) is 79.5 cm³/mol. The third kappa shape index (κ3) is 3.01. The highest BCUT2D eigenvalue weighted by Gasteiger charge is 2.19. The zero-order valence-electron chi connectivity index (χ0n) is 12.4. The van der Waals surface area contributed by atoms with Crippen molar-refractivity contribution in [2.75, 3.05) is 19.8 Å². The molecule has 0 saturated carbocycles. The number of ether oxygens (including phenoxy) is 1. The number of halogens is 1. The van der Waals surface area contributed by atoms with E-state index in [2.05, 4.69) is 10.4 Å². The van der Waals surface area contributed by atoms with Crippen molar-refractivity contribution < 1.29 is 13.9 Å². The Morgan fingerprint density at radius 3 is 2.91 bits per heavy atom. The first-order chi connectivity index (χ1) is 10.6. The lowest BCUT2D eigenvalue weighted by molar-refractivity contribution is 0.0944. The van der Waals surface area contributed by atoms with Gasteiger partial charge in [0.25, 0.3) is 5.91 Å². The molecular formula is C16H18FN3O2. The van der Waals surface area contributed by atoms with Gasteiger partial charge in [-0.25, -0.2) is 9.07 Å². The quantitative estimate of drug-likeness (QED) is 0.941. The molecule has 6 heteroatoms. The summed E-state index contributed by atoms with van der Waals surface area (Å²) in [6.45, 7) is 3.90. The van der Waals surface area contributed by atoms with Gasteiger partial charge in [0.2, 0.25) is 0 Å². The number of amides is 1. The molecular weight excluding hydrogens is 285 g/mol. The number of nitrogens with zero attached hydrogens (tertiary/aromatic N) is 2. The van der Waals surface area contributed by atoms with E-state index in [-0.39, 0.29) is 11.7 Å². The maximum absolute atomic E-state index is 13.0. The molecule has 5 nitrogen and oxygen atoms in total. The normalized spacial score (nSPS) is 17.6. The van der Waals surface area contributed by atoms with Crippen molar-refractivity contribution in [1.82, 2.24) is 15.1 Å². The molecule has 0 spiro atoms. The van der Waals surface area contributed by atoms with Crippen LogP contribution in [0.4, 0.5) is 4.39 Å². The van der Waals surface area contributed by atoms with E-state index in [0.29, 0.717) is 24.6 Å². The van der Waals surface area contributed by atoms with Crippen LogP contribution < -0.4 is 5.32 Å². The summed E-state index contributed by atoms with van der Waals surface area (Å²) in [6.07, 6.45) is 2.52. The zero-order chi connectivity index (χ0) is 15.5. The number of carbonyl (C=O) groups is 1. The molecule has 1 N–H and O–H groups in total. The Kier molecular flexibility index (Phi) is 4.20. The smallest absolute Gasteiger partial charge is 0.254 e. The van der Waals surface area contributed by atoms with E-state index in [0.717, 1.165) is 24.4 Å². The highest BCUT2D eigenvalue weighted by atomic mass is 19.1. The molecule has 1 aromatic carbocycles. The van der Waals surface area contributed by atoms with Crippen molar-refractivity contribution in [2.24, 2.45) is 5.92 Å². The first-order valence-corrected chi connectivity index (χ1v) is 7.31. The van der Waals surface area contributed by atoms with Gasteiger partial charge < -0.3 is 10.1 Å². The average molecular weight is 303 g/mol. The van der Waals surface area contributed by atoms with Gasteiger partial charge in [-0.1, -0.05) is 0 Å². The molecule has 2 heterocycles. The molecule has 1 atom stereocenters. The maximum atomic E-state index is 13.0. The van der Waals surface area contributed by atoms with Gasteiger partial charge in [0.05, 0.1) is 29.7 Å². The third-order valence-corrected chi connectivity index (χ3v) is 3.90. The van der Waals surface area contributed by atoms with Gasteiger partial charge in [0.1, 0.15) is 5.82 Å². The summed E-state index contributed by atoms with van der Waals surface area (Å²) in [5.41, 5.74) is 1.98. The van der Waals surface area contributed by atoms with Gasteiger partial charge in [-0.2, -0.15) is 5.10 Å². The first kappa shape index (κ1) is 14.7. The van der Waals surface area contributed by atoms with Crippen LogP contribution in [0.2, 0.25) is 0 Å². The molecule has 1 aromatic heterocycles. The van der Waals surface area contributed by atoms with Crippen molar-refractivity contribution in [3.8, 4) is 5.69 Å². The fraction of sp³-hybridized carbons (Fsp3) is 0.375. The molecule has 2 aromatic rings. The number of rotatable bonds is 4. The van der Waals surface area contributed by atoms with Crippen LogP contribution >= 0.6 is 0 Å². The van der Waals surface area contributed by atoms with Gasteiger partial charge >= 0.3 is 0 Å². The Morgan fingerprint density at radius 1 is 1.45 bits per heavy atom. The number of benzene rings is 1. The average Bonchev–Trinajstić information content (AvgIpc) is 3.15. The lowest BCUT2D eigenvalue weighted by atomic mass is 10.1. The van der Waals surface area contributed by atoms with Gasteiger partial charge in [-0.3, -0.25) is 4.79 Å². The van der Waals surface area contributed by atoms with Crippen molar-refractivity contribution >= 4 is 5.91 Å². The summed E-state index contributed by atoms with van der Waals surface area (Å²) in [7, 11) is 0. The van der Waals surface area contributed by atoms with E-state index in [1.54, 1.807) is 23.0 Å². The van der Waals surface area contributed by atoms with Crippen molar-refractivity contribution in [1.29, 1.82) is 0 Å². The van der Waals surface area contributed by atoms with Crippen molar-refractivity contribution in [3.05, 3.63) is 47.5 Å². The van der Waals surface area contributed by atoms with Gasteiger partial charge in [-0.15, -0.1) is 0 Å². The van der Waals surface area contributed by atoms with Gasteiger partial charge in [0.15, 0.2) is 0 Å². The Labute approximate surface area is 128 Å². The van der Waals surface area contributed by atoms with Gasteiger partial charge in [-0.05, 0) is 37.6 Å². The summed E-state index contributed by atoms with van der Waals surface area (Å²) in [5.74, 6) is -0.0560. The Bertz CT molecular complexity index is 661. The summed E-state index contributed by atoms with van der Waals surface area (Å²) in [6, 6.07) is 6.01. The molecule has 0 radical (unpaired) electrons. The summed E-state index contributed by atoms with van der Waals surface area (Å²) < 4.78 is 19.9. The van der Waals surface area contributed by atoms with Crippen LogP contribution in [0.5, 0.6) is 0 Å². The van der Waals surface area contributed by atoms with E-state index in [1.165, 1.54) is 12.1 Å². The molecule has 1 saturated heterocycles. The number of aromatic nitrogens is 2. The van der Waals surface area contributed by atoms with Crippen LogP contribution in [0, 0.1) is 18.7 Å². The molecule has 1 aliphatic rings. The number of hydrogen-bond acceptors (Lipinski definition) is 3. The second-order valence-electron chi connectivity index (χ2n) is 5.47. The largest absolute Gasteiger partial charge is 0.381 e. The molecule has 22 heavy (non-hydrogen) atoms. The Hall–Kier alpha value is -2.21. The highest BCUT2D eigenvalue weighted by Crippen LogP contribution is 2.15. The van der Waals surface area contributed by atoms with Crippen LogP contribution in [0.1, 0.15) is 22.5 Å². The Balaban J connectivity index is 1.72. The number of hydrogen-bond donors (Lipinski definition) is 1. The lowest BCUT2D eigenvalue weighted by Crippen LogP contribution is -2.29. The standard InChI is InChI=1S/C16H18FN3O2/c1-11-15(16(21)18-8-12-6-7-22-10-12)9-19-20(11)14-4-2-13(17)3-5-14/h2-5,9,12H,6-8,10H2,1H3,(H,18,21). The van der Waals surface area contributed by atoms with E-state index < -0.39 is 0 Å². The minimum Gasteiger partial charge on any atom is -0.381 e. The van der Waals surface area contributed by atoms with Crippen LogP contribution in [-0.4, -0.2) is 35.4 Å². The van der Waals surface area contributed by atoms with Gasteiger partial charge in [0, 0.05) is 19.1 Å². The summed E-state index contributed by atoms with van der Waals surface area (Å²) in [4.78, 5) is 12.3. The van der Waals surface area contributed by atoms with E-state index in [1.807, 2.05) is 6.92 Å². The van der Waals surface area contributed by atoms with Crippen LogP contribution in [0.25, 0.3) is 5.69 Å². The summed E-state index contributed by atoms with van der Waals surface area (Å²) >= 11 is 0. The van der Waals surface area contributed by atoms with Crippen LogP contribution in [-0.2, 0) is 4.74 Å². The molecule has 3 rings (SSSR count). The minimum atomic E-state index is -0.301. The topological polar surface area (TPSA) is 56.1 Å². The number of carbonyl (C=O) groups excluding carboxylic acids is 1. The van der Waals surface area contributed by atoms with E-state index >= 15 is 0 Å². The molecule has 1 fully saturated rings. The SMILES string of the molecule is Cc1c(C(=O)NCC2CCOC2)cnn1-c1ccc(F)cc1. The van der Waals surface area contributed by atoms with Crippen LogP contribution in [0.15, 0.2) is 30.5 Å². The van der Waals surface area contributed by atoms with Crippen molar-refractivity contribution in [2.45, 2.75) is 13.3 Å². The fourth-order valence-corrected chi connectivity index (χ4v) is 2.55. The third-order valence-electron chi connectivity index (χ3n) is 3.90. The fourth-order valence-electron chi connectivity index (χ4n) is 2.55. The summed E-state index contributed by atoms with van der Waals surface area (Å²) in [5, 5.41) is 7.15. The Morgan fingerprint density at radius 2 is 2.23 bits per heavy atom. The molecule has 1 unspecified atom stereocenters. The second kappa shape index (κ2) is 6.27. The minimum absolute atomic E-state index is 0.141. The van der Waals surface area contributed by atoms with Crippen LogP contribution in [0.3, 0.4) is 0 Å². The van der Waals surface area contributed by atoms with Crippen molar-refractivity contribution in [3.63, 3.8) is 0 Å².